The number of hydrogen-bond acceptors (Lipinski definition) is 4. The average molecular weight is 301 g/mol. The van der Waals surface area contributed by atoms with Crippen LogP contribution in [0.1, 0.15) is 41.0 Å². The molecule has 1 N–H and O–H groups in total. The maximum atomic E-state index is 11.5. The molecule has 2 aromatic heterocycles. The van der Waals surface area contributed by atoms with E-state index in [9.17, 15) is 9.90 Å². The molecule has 1 unspecified atom stereocenters. The number of benzene rings is 1. The van der Waals surface area contributed by atoms with Crippen molar-refractivity contribution in [2.24, 2.45) is 0 Å². The molecular formula is C15H15N3O2S. The van der Waals surface area contributed by atoms with Crippen LogP contribution in [0.5, 0.6) is 0 Å². The van der Waals surface area contributed by atoms with Gasteiger partial charge in [0.05, 0.1) is 11.6 Å². The molecule has 0 saturated carbocycles. The van der Waals surface area contributed by atoms with Crippen LogP contribution < -0.4 is 0 Å². The van der Waals surface area contributed by atoms with Crippen molar-refractivity contribution in [1.29, 1.82) is 0 Å². The number of carbonyl (C=O) groups is 1. The molecular weight excluding hydrogens is 286 g/mol. The van der Waals surface area contributed by atoms with E-state index in [2.05, 4.69) is 23.3 Å². The number of para-hydroxylation sites is 1. The zero-order valence-electron chi connectivity index (χ0n) is 11.6. The molecule has 0 amide bonds. The van der Waals surface area contributed by atoms with Crippen LogP contribution in [0, 0.1) is 0 Å². The standard InChI is InChI=1S/C15H15N3O2S/c1-2-5-12(13-8-4-9-21-13)18-14-10(15(19)20)6-3-7-11(14)16-17-18/h3-4,6-9,12H,2,5H2,1H3,(H,19,20). The Morgan fingerprint density at radius 2 is 2.24 bits per heavy atom. The highest BCUT2D eigenvalue weighted by atomic mass is 32.1. The number of thiophene rings is 1. The summed E-state index contributed by atoms with van der Waals surface area (Å²) in [5.41, 5.74) is 1.46. The molecule has 0 aliphatic rings. The fraction of sp³-hybridized carbons (Fsp3) is 0.267. The number of carboxylic acids is 1. The average Bonchev–Trinajstić information content (AvgIpc) is 3.14. The third-order valence-electron chi connectivity index (χ3n) is 3.45. The van der Waals surface area contributed by atoms with Gasteiger partial charge in [0.25, 0.3) is 0 Å². The lowest BCUT2D eigenvalue weighted by atomic mass is 10.1. The SMILES string of the molecule is CCCC(c1cccs1)n1nnc2cccc(C(=O)O)c21. The van der Waals surface area contributed by atoms with Gasteiger partial charge in [-0.15, -0.1) is 16.4 Å². The molecule has 21 heavy (non-hydrogen) atoms. The Morgan fingerprint density at radius 1 is 1.38 bits per heavy atom. The zero-order chi connectivity index (χ0) is 14.8. The number of nitrogens with zero attached hydrogens (tertiary/aromatic N) is 3. The van der Waals surface area contributed by atoms with E-state index in [1.165, 1.54) is 4.88 Å². The van der Waals surface area contributed by atoms with Gasteiger partial charge in [-0.3, -0.25) is 0 Å². The quantitative estimate of drug-likeness (QED) is 0.782. The Balaban J connectivity index is 2.20. The monoisotopic (exact) mass is 301 g/mol. The Hall–Kier alpha value is -2.21. The van der Waals surface area contributed by atoms with Crippen molar-refractivity contribution < 1.29 is 9.90 Å². The number of carboxylic acid groups (broad SMARTS) is 1. The molecule has 6 heteroatoms. The summed E-state index contributed by atoms with van der Waals surface area (Å²) in [5.74, 6) is -0.953. The molecule has 0 bridgehead atoms. The molecule has 0 radical (unpaired) electrons. The van der Waals surface area contributed by atoms with Gasteiger partial charge in [-0.1, -0.05) is 30.7 Å². The van der Waals surface area contributed by atoms with Gasteiger partial charge in [-0.25, -0.2) is 9.48 Å². The molecule has 1 aromatic carbocycles. The van der Waals surface area contributed by atoms with Gasteiger partial charge >= 0.3 is 5.97 Å². The highest BCUT2D eigenvalue weighted by Gasteiger charge is 2.21. The van der Waals surface area contributed by atoms with Gasteiger partial charge in [-0.05, 0) is 30.0 Å². The van der Waals surface area contributed by atoms with Crippen molar-refractivity contribution in [2.45, 2.75) is 25.8 Å². The summed E-state index contributed by atoms with van der Waals surface area (Å²) in [4.78, 5) is 12.6. The first-order valence-corrected chi connectivity index (χ1v) is 7.71. The molecule has 3 aromatic rings. The van der Waals surface area contributed by atoms with Gasteiger partial charge in [0.2, 0.25) is 0 Å². The summed E-state index contributed by atoms with van der Waals surface area (Å²) >= 11 is 1.66. The maximum absolute atomic E-state index is 11.5. The lowest BCUT2D eigenvalue weighted by Gasteiger charge is -2.16. The van der Waals surface area contributed by atoms with Gasteiger partial charge in [0, 0.05) is 4.88 Å². The van der Waals surface area contributed by atoms with Crippen molar-refractivity contribution in [3.63, 3.8) is 0 Å². The van der Waals surface area contributed by atoms with E-state index in [1.807, 2.05) is 11.4 Å². The minimum atomic E-state index is -0.953. The Labute approximate surface area is 125 Å². The Morgan fingerprint density at radius 3 is 2.90 bits per heavy atom. The second-order valence-corrected chi connectivity index (χ2v) is 5.81. The van der Waals surface area contributed by atoms with E-state index in [4.69, 9.17) is 0 Å². The summed E-state index contributed by atoms with van der Waals surface area (Å²) in [5, 5.41) is 19.8. The number of aromatic nitrogens is 3. The van der Waals surface area contributed by atoms with E-state index >= 15 is 0 Å². The van der Waals surface area contributed by atoms with E-state index in [0.29, 0.717) is 11.0 Å². The van der Waals surface area contributed by atoms with Crippen molar-refractivity contribution in [2.75, 3.05) is 0 Å². The molecule has 0 aliphatic carbocycles. The first kappa shape index (κ1) is 13.8. The van der Waals surface area contributed by atoms with E-state index in [-0.39, 0.29) is 11.6 Å². The minimum absolute atomic E-state index is 0.0282. The lowest BCUT2D eigenvalue weighted by molar-refractivity contribution is 0.0698. The number of fused-ring (bicyclic) bond motifs is 1. The Bertz CT molecular complexity index is 764. The zero-order valence-corrected chi connectivity index (χ0v) is 12.4. The Kier molecular flexibility index (Phi) is 3.70. The lowest BCUT2D eigenvalue weighted by Crippen LogP contribution is -2.13. The van der Waals surface area contributed by atoms with Crippen molar-refractivity contribution >= 4 is 28.3 Å². The molecule has 2 heterocycles. The highest BCUT2D eigenvalue weighted by Crippen LogP contribution is 2.30. The number of hydrogen-bond donors (Lipinski definition) is 1. The first-order chi connectivity index (χ1) is 10.2. The van der Waals surface area contributed by atoms with Gasteiger partial charge < -0.3 is 5.11 Å². The van der Waals surface area contributed by atoms with E-state index in [0.717, 1.165) is 12.8 Å². The second kappa shape index (κ2) is 5.65. The van der Waals surface area contributed by atoms with Crippen LogP contribution in [-0.2, 0) is 0 Å². The molecule has 5 nitrogen and oxygen atoms in total. The third-order valence-corrected chi connectivity index (χ3v) is 4.43. The molecule has 0 spiro atoms. The molecule has 1 atom stereocenters. The largest absolute Gasteiger partial charge is 0.478 e. The van der Waals surface area contributed by atoms with Crippen LogP contribution in [0.4, 0.5) is 0 Å². The maximum Gasteiger partial charge on any atom is 0.337 e. The predicted octanol–water partition coefficient (Wildman–Crippen LogP) is 3.58. The molecule has 0 saturated heterocycles. The van der Waals surface area contributed by atoms with Crippen molar-refractivity contribution in [1.82, 2.24) is 15.0 Å². The first-order valence-electron chi connectivity index (χ1n) is 6.83. The van der Waals surface area contributed by atoms with E-state index in [1.54, 1.807) is 34.2 Å². The summed E-state index contributed by atoms with van der Waals surface area (Å²) < 4.78 is 1.76. The van der Waals surface area contributed by atoms with Crippen molar-refractivity contribution in [3.05, 3.63) is 46.2 Å². The number of aromatic carboxylic acids is 1. The normalized spacial score (nSPS) is 12.6. The minimum Gasteiger partial charge on any atom is -0.478 e. The van der Waals surface area contributed by atoms with Crippen LogP contribution in [0.15, 0.2) is 35.7 Å². The summed E-state index contributed by atoms with van der Waals surface area (Å²) in [7, 11) is 0. The van der Waals surface area contributed by atoms with Crippen LogP contribution in [0.2, 0.25) is 0 Å². The fourth-order valence-electron chi connectivity index (χ4n) is 2.52. The summed E-state index contributed by atoms with van der Waals surface area (Å²) in [6.07, 6.45) is 1.88. The summed E-state index contributed by atoms with van der Waals surface area (Å²) in [6.45, 7) is 2.11. The fourth-order valence-corrected chi connectivity index (χ4v) is 3.37. The molecule has 0 aliphatic heterocycles. The van der Waals surface area contributed by atoms with Crippen molar-refractivity contribution in [3.8, 4) is 0 Å². The number of rotatable bonds is 5. The smallest absolute Gasteiger partial charge is 0.337 e. The van der Waals surface area contributed by atoms with Gasteiger partial charge in [0.1, 0.15) is 11.0 Å². The molecule has 3 rings (SSSR count). The third kappa shape index (κ3) is 2.42. The molecule has 108 valence electrons. The summed E-state index contributed by atoms with van der Waals surface area (Å²) in [6, 6.07) is 9.18. The van der Waals surface area contributed by atoms with Gasteiger partial charge in [0.15, 0.2) is 0 Å². The van der Waals surface area contributed by atoms with E-state index < -0.39 is 5.97 Å². The van der Waals surface area contributed by atoms with Crippen LogP contribution in [0.3, 0.4) is 0 Å². The topological polar surface area (TPSA) is 68.0 Å². The van der Waals surface area contributed by atoms with Gasteiger partial charge in [-0.2, -0.15) is 0 Å². The van der Waals surface area contributed by atoms with Crippen LogP contribution in [0.25, 0.3) is 11.0 Å². The highest BCUT2D eigenvalue weighted by molar-refractivity contribution is 7.10. The second-order valence-electron chi connectivity index (χ2n) is 4.83. The van der Waals surface area contributed by atoms with Crippen LogP contribution >= 0.6 is 11.3 Å². The molecule has 0 fully saturated rings. The predicted molar refractivity (Wildman–Crippen MR) is 81.9 cm³/mol. The van der Waals surface area contributed by atoms with Crippen LogP contribution in [-0.4, -0.2) is 26.1 Å².